The van der Waals surface area contributed by atoms with E-state index in [4.69, 9.17) is 0 Å². The molecule has 2 aliphatic rings. The van der Waals surface area contributed by atoms with Gasteiger partial charge in [0.15, 0.2) is 0 Å². The van der Waals surface area contributed by atoms with Crippen LogP contribution in [0.25, 0.3) is 0 Å². The average molecular weight is 410 g/mol. The summed E-state index contributed by atoms with van der Waals surface area (Å²) in [5.41, 5.74) is 0.0836. The van der Waals surface area contributed by atoms with Gasteiger partial charge in [-0.2, -0.15) is 0 Å². The molecule has 0 bridgehead atoms. The molecule has 2 heterocycles. The third-order valence-electron chi connectivity index (χ3n) is 6.86. The third-order valence-corrected chi connectivity index (χ3v) is 6.86. The molecule has 30 heavy (non-hydrogen) atoms. The Morgan fingerprint density at radius 1 is 1.00 bits per heavy atom. The van der Waals surface area contributed by atoms with E-state index in [0.29, 0.717) is 25.2 Å². The number of likely N-dealkylation sites (tertiary alicyclic amines) is 1. The first-order valence-electron chi connectivity index (χ1n) is 10.7. The van der Waals surface area contributed by atoms with Crippen molar-refractivity contribution in [3.05, 3.63) is 65.7 Å². The van der Waals surface area contributed by atoms with E-state index in [9.17, 15) is 14.0 Å². The van der Waals surface area contributed by atoms with Crippen molar-refractivity contribution < 1.29 is 14.0 Å². The van der Waals surface area contributed by atoms with Crippen molar-refractivity contribution in [1.29, 1.82) is 0 Å². The van der Waals surface area contributed by atoms with Crippen LogP contribution in [0.15, 0.2) is 48.7 Å². The molecule has 1 aliphatic heterocycles. The molecule has 4 rings (SSSR count). The maximum absolute atomic E-state index is 13.9. The minimum atomic E-state index is -0.855. The lowest BCUT2D eigenvalue weighted by Gasteiger charge is -2.44. The van der Waals surface area contributed by atoms with Gasteiger partial charge in [0, 0.05) is 26.3 Å². The summed E-state index contributed by atoms with van der Waals surface area (Å²) >= 11 is 0. The lowest BCUT2D eigenvalue weighted by molar-refractivity contribution is -0.142. The molecule has 0 radical (unpaired) electrons. The molecule has 1 aliphatic carbocycles. The second-order valence-corrected chi connectivity index (χ2v) is 8.50. The lowest BCUT2D eigenvalue weighted by atomic mass is 9.73. The number of aromatic nitrogens is 1. The molecule has 1 saturated carbocycles. The summed E-state index contributed by atoms with van der Waals surface area (Å²) in [5, 5.41) is 2.79. The molecular weight excluding hydrogens is 381 g/mol. The van der Waals surface area contributed by atoms with Crippen LogP contribution in [-0.4, -0.2) is 41.8 Å². The molecule has 5 nitrogen and oxygen atoms in total. The van der Waals surface area contributed by atoms with Crippen molar-refractivity contribution in [2.75, 3.05) is 20.1 Å². The van der Waals surface area contributed by atoms with Gasteiger partial charge in [0.05, 0.1) is 11.1 Å². The predicted octanol–water partition coefficient (Wildman–Crippen LogP) is 3.34. The maximum Gasteiger partial charge on any atom is 0.233 e. The molecule has 0 spiro atoms. The van der Waals surface area contributed by atoms with Crippen LogP contribution in [0.1, 0.15) is 49.8 Å². The van der Waals surface area contributed by atoms with Crippen LogP contribution < -0.4 is 5.32 Å². The summed E-state index contributed by atoms with van der Waals surface area (Å²) in [6.45, 7) is 0.929. The van der Waals surface area contributed by atoms with Crippen LogP contribution in [-0.2, 0) is 20.4 Å². The molecule has 1 aromatic carbocycles. The number of halogens is 1. The van der Waals surface area contributed by atoms with Crippen molar-refractivity contribution in [1.82, 2.24) is 15.2 Å². The fraction of sp³-hybridized carbons (Fsp3) is 0.458. The maximum atomic E-state index is 13.9. The standard InChI is InChI=1S/C24H28FN3O2/c1-26-21(29)24(20-7-2-5-15-27-20)14-6-16-28(17-24)22(30)23(12-3-4-13-23)18-8-10-19(25)11-9-18/h2,5,7-11,15H,3-4,6,12-14,16-17H2,1H3,(H,26,29)/t24-/m1/s1. The zero-order chi connectivity index (χ0) is 21.2. The smallest absolute Gasteiger partial charge is 0.233 e. The number of amides is 2. The summed E-state index contributed by atoms with van der Waals surface area (Å²) in [4.78, 5) is 33.3. The average Bonchev–Trinajstić information content (AvgIpc) is 3.30. The molecule has 2 amide bonds. The molecule has 2 fully saturated rings. The van der Waals surface area contributed by atoms with E-state index in [0.717, 1.165) is 37.7 Å². The van der Waals surface area contributed by atoms with Crippen molar-refractivity contribution in [2.45, 2.75) is 49.4 Å². The van der Waals surface area contributed by atoms with E-state index in [1.54, 1.807) is 25.4 Å². The van der Waals surface area contributed by atoms with Gasteiger partial charge >= 0.3 is 0 Å². The minimum absolute atomic E-state index is 0.0514. The lowest BCUT2D eigenvalue weighted by Crippen LogP contribution is -2.58. The Balaban J connectivity index is 1.70. The number of likely N-dealkylation sites (N-methyl/N-ethyl adjacent to an activating group) is 1. The van der Waals surface area contributed by atoms with Crippen LogP contribution >= 0.6 is 0 Å². The highest BCUT2D eigenvalue weighted by atomic mass is 19.1. The third kappa shape index (κ3) is 3.38. The van der Waals surface area contributed by atoms with E-state index in [-0.39, 0.29) is 17.6 Å². The van der Waals surface area contributed by atoms with Crippen molar-refractivity contribution in [3.63, 3.8) is 0 Å². The van der Waals surface area contributed by atoms with Gasteiger partial charge in [-0.15, -0.1) is 0 Å². The van der Waals surface area contributed by atoms with Crippen LogP contribution in [0.2, 0.25) is 0 Å². The Labute approximate surface area is 176 Å². The molecule has 1 N–H and O–H groups in total. The molecule has 158 valence electrons. The Kier molecular flexibility index (Phi) is 5.58. The SMILES string of the molecule is CNC(=O)[C@]1(c2ccccn2)CCCN(C(=O)C2(c3ccc(F)cc3)CCCC2)C1. The summed E-state index contributed by atoms with van der Waals surface area (Å²) in [7, 11) is 1.63. The van der Waals surface area contributed by atoms with E-state index < -0.39 is 10.8 Å². The van der Waals surface area contributed by atoms with Crippen molar-refractivity contribution in [3.8, 4) is 0 Å². The molecular formula is C24H28FN3O2. The Morgan fingerprint density at radius 2 is 1.70 bits per heavy atom. The zero-order valence-corrected chi connectivity index (χ0v) is 17.4. The number of nitrogens with one attached hydrogen (secondary N) is 1. The topological polar surface area (TPSA) is 62.3 Å². The van der Waals surface area contributed by atoms with Gasteiger partial charge in [0.25, 0.3) is 0 Å². The Morgan fingerprint density at radius 3 is 2.33 bits per heavy atom. The van der Waals surface area contributed by atoms with Gasteiger partial charge in [-0.05, 0) is 55.5 Å². The van der Waals surface area contributed by atoms with Crippen LogP contribution in [0.4, 0.5) is 4.39 Å². The van der Waals surface area contributed by atoms with Gasteiger partial charge in [-0.3, -0.25) is 14.6 Å². The van der Waals surface area contributed by atoms with Gasteiger partial charge < -0.3 is 10.2 Å². The number of pyridine rings is 1. The number of benzene rings is 1. The van der Waals surface area contributed by atoms with Crippen LogP contribution in [0.3, 0.4) is 0 Å². The summed E-state index contributed by atoms with van der Waals surface area (Å²) < 4.78 is 13.5. The number of hydrogen-bond acceptors (Lipinski definition) is 3. The van der Waals surface area contributed by atoms with E-state index in [2.05, 4.69) is 10.3 Å². The molecule has 0 unspecified atom stereocenters. The normalized spacial score (nSPS) is 23.2. The molecule has 1 atom stereocenters. The number of piperidine rings is 1. The monoisotopic (exact) mass is 409 g/mol. The quantitative estimate of drug-likeness (QED) is 0.843. The fourth-order valence-electron chi connectivity index (χ4n) is 5.30. The molecule has 2 aromatic rings. The second kappa shape index (κ2) is 8.17. The van der Waals surface area contributed by atoms with Crippen LogP contribution in [0.5, 0.6) is 0 Å². The van der Waals surface area contributed by atoms with E-state index in [1.807, 2.05) is 23.1 Å². The van der Waals surface area contributed by atoms with E-state index in [1.165, 1.54) is 12.1 Å². The summed E-state index contributed by atoms with van der Waals surface area (Å²) in [6.07, 6.45) is 6.52. The fourth-order valence-corrected chi connectivity index (χ4v) is 5.30. The van der Waals surface area contributed by atoms with Gasteiger partial charge in [-0.1, -0.05) is 31.0 Å². The number of carbonyl (C=O) groups excluding carboxylic acids is 2. The van der Waals surface area contributed by atoms with E-state index >= 15 is 0 Å². The molecule has 1 aromatic heterocycles. The molecule has 1 saturated heterocycles. The minimum Gasteiger partial charge on any atom is -0.358 e. The van der Waals surface area contributed by atoms with Crippen LogP contribution in [0, 0.1) is 5.82 Å². The summed E-state index contributed by atoms with van der Waals surface area (Å²) in [5.74, 6) is -0.359. The summed E-state index contributed by atoms with van der Waals surface area (Å²) in [6, 6.07) is 11.9. The zero-order valence-electron chi connectivity index (χ0n) is 17.4. The first kappa shape index (κ1) is 20.5. The first-order chi connectivity index (χ1) is 14.5. The highest BCUT2D eigenvalue weighted by molar-refractivity contribution is 5.92. The molecule has 6 heteroatoms. The number of rotatable bonds is 4. The Hall–Kier alpha value is -2.76. The number of hydrogen-bond donors (Lipinski definition) is 1. The number of carbonyl (C=O) groups is 2. The van der Waals surface area contributed by atoms with Gasteiger partial charge in [-0.25, -0.2) is 4.39 Å². The van der Waals surface area contributed by atoms with Gasteiger partial charge in [0.1, 0.15) is 11.2 Å². The predicted molar refractivity (Wildman–Crippen MR) is 112 cm³/mol. The second-order valence-electron chi connectivity index (χ2n) is 8.50. The largest absolute Gasteiger partial charge is 0.358 e. The van der Waals surface area contributed by atoms with Crippen molar-refractivity contribution in [2.24, 2.45) is 0 Å². The number of nitrogens with zero attached hydrogens (tertiary/aromatic N) is 2. The highest BCUT2D eigenvalue weighted by Gasteiger charge is 2.50. The highest BCUT2D eigenvalue weighted by Crippen LogP contribution is 2.44. The van der Waals surface area contributed by atoms with Gasteiger partial charge in [0.2, 0.25) is 11.8 Å². The van der Waals surface area contributed by atoms with Crippen molar-refractivity contribution >= 4 is 11.8 Å². The first-order valence-corrected chi connectivity index (χ1v) is 10.7. The Bertz CT molecular complexity index is 910.